The number of rotatable bonds is 5. The summed E-state index contributed by atoms with van der Waals surface area (Å²) in [6, 6.07) is 34.2. The number of carbonyl (C=O) groups excluding carboxylic acids is 2. The van der Waals surface area contributed by atoms with Gasteiger partial charge in [0.05, 0.1) is 25.3 Å². The van der Waals surface area contributed by atoms with Gasteiger partial charge in [-0.05, 0) is 46.2 Å². The molecule has 2 atom stereocenters. The highest BCUT2D eigenvalue weighted by Crippen LogP contribution is 2.45. The average Bonchev–Trinajstić information content (AvgIpc) is 3.33. The molecular weight excluding hydrogens is 498 g/mol. The molecule has 1 amide bonds. The first-order valence-corrected chi connectivity index (χ1v) is 14.1. The molecule has 5 heteroatoms. The molecular formula is C35H31NO4. The van der Waals surface area contributed by atoms with Crippen molar-refractivity contribution in [2.45, 2.75) is 30.8 Å². The Kier molecular flexibility index (Phi) is 6.45. The van der Waals surface area contributed by atoms with Crippen LogP contribution in [0.1, 0.15) is 40.2 Å². The fraction of sp³-hybridized carbons (Fsp3) is 0.257. The van der Waals surface area contributed by atoms with Crippen LogP contribution in [-0.2, 0) is 9.47 Å². The lowest BCUT2D eigenvalue weighted by atomic mass is 9.79. The van der Waals surface area contributed by atoms with Crippen LogP contribution in [-0.4, -0.2) is 48.7 Å². The van der Waals surface area contributed by atoms with E-state index in [0.717, 1.165) is 16.7 Å². The minimum atomic E-state index is -0.309. The minimum Gasteiger partial charge on any atom is -0.448 e. The number of morpholine rings is 1. The van der Waals surface area contributed by atoms with E-state index in [1.807, 2.05) is 71.6 Å². The zero-order valence-electron chi connectivity index (χ0n) is 22.2. The van der Waals surface area contributed by atoms with Crippen molar-refractivity contribution in [2.24, 2.45) is 5.92 Å². The molecule has 3 aliphatic rings. The number of hydrogen-bond donors (Lipinski definition) is 0. The van der Waals surface area contributed by atoms with E-state index in [9.17, 15) is 9.59 Å². The third-order valence-electron chi connectivity index (χ3n) is 8.72. The minimum absolute atomic E-state index is 0.0149. The molecule has 40 heavy (non-hydrogen) atoms. The van der Waals surface area contributed by atoms with Crippen molar-refractivity contribution in [1.29, 1.82) is 0 Å². The lowest BCUT2D eigenvalue weighted by Crippen LogP contribution is -2.60. The van der Waals surface area contributed by atoms with Crippen LogP contribution in [0.4, 0.5) is 4.79 Å². The van der Waals surface area contributed by atoms with Crippen LogP contribution < -0.4 is 0 Å². The Morgan fingerprint density at radius 2 is 1.25 bits per heavy atom. The highest BCUT2D eigenvalue weighted by atomic mass is 16.6. The van der Waals surface area contributed by atoms with E-state index in [-0.39, 0.29) is 42.4 Å². The normalized spacial score (nSPS) is 21.4. The quantitative estimate of drug-likeness (QED) is 0.262. The van der Waals surface area contributed by atoms with Crippen molar-refractivity contribution in [3.05, 3.63) is 120 Å². The molecule has 1 aliphatic carbocycles. The molecule has 0 radical (unpaired) electrons. The van der Waals surface area contributed by atoms with Crippen LogP contribution in [0, 0.1) is 5.92 Å². The molecule has 0 saturated carbocycles. The zero-order chi connectivity index (χ0) is 27.1. The maximum Gasteiger partial charge on any atom is 0.410 e. The maximum atomic E-state index is 13.9. The summed E-state index contributed by atoms with van der Waals surface area (Å²) in [4.78, 5) is 29.3. The average molecular weight is 530 g/mol. The first kappa shape index (κ1) is 24.8. The molecule has 4 aromatic rings. The van der Waals surface area contributed by atoms with Crippen LogP contribution in [0.3, 0.4) is 0 Å². The summed E-state index contributed by atoms with van der Waals surface area (Å²) in [6.07, 6.45) is 0.835. The summed E-state index contributed by atoms with van der Waals surface area (Å²) < 4.78 is 11.9. The van der Waals surface area contributed by atoms with Gasteiger partial charge in [0.15, 0.2) is 5.78 Å². The predicted octanol–water partition coefficient (Wildman–Crippen LogP) is 6.96. The summed E-state index contributed by atoms with van der Waals surface area (Å²) in [6.45, 7) is 1.13. The van der Waals surface area contributed by atoms with Crippen LogP contribution in [0.15, 0.2) is 103 Å². The van der Waals surface area contributed by atoms with Crippen LogP contribution in [0.25, 0.3) is 22.3 Å². The van der Waals surface area contributed by atoms with E-state index >= 15 is 0 Å². The van der Waals surface area contributed by atoms with E-state index < -0.39 is 0 Å². The number of piperidine rings is 1. The molecule has 7 rings (SSSR count). The van der Waals surface area contributed by atoms with Gasteiger partial charge in [0.2, 0.25) is 0 Å². The Labute approximate surface area is 234 Å². The Bertz CT molecular complexity index is 1510. The number of amides is 1. The second-order valence-corrected chi connectivity index (χ2v) is 11.0. The Morgan fingerprint density at radius 1 is 0.700 bits per heavy atom. The first-order chi connectivity index (χ1) is 19.7. The molecule has 0 N–H and O–H groups in total. The number of fused-ring (bicyclic) bond motifs is 5. The molecule has 4 aromatic carbocycles. The molecule has 0 aromatic heterocycles. The maximum absolute atomic E-state index is 13.9. The standard InChI is InChI=1S/C35H31NO4/c37-34(32-17-9-4-12-27(32)23-10-2-1-3-11-23)24-18-25-20-39-21-26(19-24)36(25)35(38)40-22-33-30-15-7-5-13-28(30)29-14-6-8-16-31(29)33/h1-17,24-26,33H,18-22H2. The summed E-state index contributed by atoms with van der Waals surface area (Å²) >= 11 is 0. The van der Waals surface area contributed by atoms with Crippen molar-refractivity contribution < 1.29 is 19.1 Å². The Balaban J connectivity index is 1.08. The van der Waals surface area contributed by atoms with Gasteiger partial charge in [-0.15, -0.1) is 0 Å². The fourth-order valence-corrected chi connectivity index (χ4v) is 6.88. The SMILES string of the molecule is O=C(c1ccccc1-c1ccccc1)C1CC2COCC(C1)N2C(=O)OCC1c2ccccc2-c2ccccc21. The topological polar surface area (TPSA) is 55.8 Å². The smallest absolute Gasteiger partial charge is 0.410 e. The second kappa shape index (κ2) is 10.4. The van der Waals surface area contributed by atoms with Gasteiger partial charge in [-0.1, -0.05) is 103 Å². The van der Waals surface area contributed by atoms with Gasteiger partial charge in [-0.25, -0.2) is 4.79 Å². The predicted molar refractivity (Wildman–Crippen MR) is 154 cm³/mol. The molecule has 200 valence electrons. The number of hydrogen-bond acceptors (Lipinski definition) is 4. The molecule has 2 aliphatic heterocycles. The Morgan fingerprint density at radius 3 is 1.90 bits per heavy atom. The monoisotopic (exact) mass is 529 g/mol. The number of Topliss-reactive ketones (excluding diaryl/α,β-unsaturated/α-hetero) is 1. The van der Waals surface area contributed by atoms with Crippen molar-refractivity contribution in [3.8, 4) is 22.3 Å². The molecule has 2 heterocycles. The number of ketones is 1. The van der Waals surface area contributed by atoms with Gasteiger partial charge in [-0.2, -0.15) is 0 Å². The lowest BCUT2D eigenvalue weighted by molar-refractivity contribution is -0.0747. The van der Waals surface area contributed by atoms with Gasteiger partial charge < -0.3 is 9.47 Å². The molecule has 2 saturated heterocycles. The van der Waals surface area contributed by atoms with Crippen LogP contribution in [0.5, 0.6) is 0 Å². The highest BCUT2D eigenvalue weighted by molar-refractivity contribution is 6.04. The third kappa shape index (κ3) is 4.31. The molecule has 2 unspecified atom stereocenters. The third-order valence-corrected chi connectivity index (χ3v) is 8.72. The summed E-state index contributed by atoms with van der Waals surface area (Å²) in [5.41, 5.74) is 7.54. The van der Waals surface area contributed by atoms with E-state index in [0.29, 0.717) is 26.1 Å². The number of ether oxygens (including phenoxy) is 2. The number of carbonyl (C=O) groups is 2. The highest BCUT2D eigenvalue weighted by Gasteiger charge is 2.45. The van der Waals surface area contributed by atoms with Gasteiger partial charge in [0.1, 0.15) is 6.61 Å². The molecule has 5 nitrogen and oxygen atoms in total. The molecule has 0 spiro atoms. The van der Waals surface area contributed by atoms with E-state index in [1.54, 1.807) is 0 Å². The summed E-state index contributed by atoms with van der Waals surface area (Å²) in [5, 5.41) is 0. The van der Waals surface area contributed by atoms with Crippen LogP contribution in [0.2, 0.25) is 0 Å². The second-order valence-electron chi connectivity index (χ2n) is 11.0. The molecule has 2 bridgehead atoms. The lowest BCUT2D eigenvalue weighted by Gasteiger charge is -2.47. The van der Waals surface area contributed by atoms with Crippen molar-refractivity contribution in [3.63, 3.8) is 0 Å². The van der Waals surface area contributed by atoms with Gasteiger partial charge in [-0.3, -0.25) is 9.69 Å². The molecule has 2 fully saturated rings. The van der Waals surface area contributed by atoms with E-state index in [1.165, 1.54) is 22.3 Å². The number of nitrogens with zero attached hydrogens (tertiary/aromatic N) is 1. The first-order valence-electron chi connectivity index (χ1n) is 14.1. The van der Waals surface area contributed by atoms with Gasteiger partial charge in [0.25, 0.3) is 0 Å². The van der Waals surface area contributed by atoms with Crippen molar-refractivity contribution in [2.75, 3.05) is 19.8 Å². The number of benzene rings is 4. The largest absolute Gasteiger partial charge is 0.448 e. The van der Waals surface area contributed by atoms with Crippen molar-refractivity contribution in [1.82, 2.24) is 4.90 Å². The van der Waals surface area contributed by atoms with Crippen LogP contribution >= 0.6 is 0 Å². The summed E-state index contributed by atoms with van der Waals surface area (Å²) in [7, 11) is 0. The zero-order valence-corrected chi connectivity index (χ0v) is 22.2. The summed E-state index contributed by atoms with van der Waals surface area (Å²) in [5.74, 6) is -0.00835. The van der Waals surface area contributed by atoms with E-state index in [2.05, 4.69) is 36.4 Å². The van der Waals surface area contributed by atoms with Crippen molar-refractivity contribution >= 4 is 11.9 Å². The van der Waals surface area contributed by atoms with Gasteiger partial charge >= 0.3 is 6.09 Å². The fourth-order valence-electron chi connectivity index (χ4n) is 6.88. The van der Waals surface area contributed by atoms with E-state index in [4.69, 9.17) is 9.47 Å². The van der Waals surface area contributed by atoms with Gasteiger partial charge in [0, 0.05) is 17.4 Å². The Hall–Kier alpha value is -4.22.